The summed E-state index contributed by atoms with van der Waals surface area (Å²) in [6.45, 7) is 1.96. The first-order valence-electron chi connectivity index (χ1n) is 2.81. The number of halogens is 1. The van der Waals surface area contributed by atoms with Gasteiger partial charge < -0.3 is 4.55 Å². The van der Waals surface area contributed by atoms with E-state index in [-0.39, 0.29) is 0 Å². The van der Waals surface area contributed by atoms with Crippen LogP contribution < -0.4 is 0 Å². The van der Waals surface area contributed by atoms with Crippen molar-refractivity contribution in [2.45, 2.75) is 11.8 Å². The van der Waals surface area contributed by atoms with Crippen molar-refractivity contribution in [3.63, 3.8) is 0 Å². The molecule has 3 heteroatoms. The minimum Gasteiger partial charge on any atom is -0.325 e. The van der Waals surface area contributed by atoms with E-state index in [0.29, 0.717) is 0 Å². The van der Waals surface area contributed by atoms with Crippen LogP contribution >= 0.6 is 28.0 Å². The van der Waals surface area contributed by atoms with E-state index in [1.165, 1.54) is 0 Å². The summed E-state index contributed by atoms with van der Waals surface area (Å²) in [6, 6.07) is 5.76. The highest BCUT2D eigenvalue weighted by Crippen LogP contribution is 2.22. The van der Waals surface area contributed by atoms with Gasteiger partial charge in [0.2, 0.25) is 0 Å². The molecule has 1 nitrogen and oxygen atoms in total. The number of benzene rings is 1. The Balaban J connectivity index is 3.07. The van der Waals surface area contributed by atoms with Crippen LogP contribution in [0.4, 0.5) is 0 Å². The molecule has 1 rings (SSSR count). The van der Waals surface area contributed by atoms with Crippen molar-refractivity contribution >= 4 is 28.0 Å². The lowest BCUT2D eigenvalue weighted by Crippen LogP contribution is -1.77. The van der Waals surface area contributed by atoms with Crippen molar-refractivity contribution in [1.82, 2.24) is 0 Å². The first-order valence-corrected chi connectivity index (χ1v) is 4.38. The fourth-order valence-corrected chi connectivity index (χ4v) is 1.52. The van der Waals surface area contributed by atoms with Gasteiger partial charge in [0, 0.05) is 21.4 Å². The Morgan fingerprint density at radius 3 is 2.70 bits per heavy atom. The number of aryl methyl sites for hydroxylation is 1. The van der Waals surface area contributed by atoms with Gasteiger partial charge in [0.25, 0.3) is 0 Å². The number of hydrogen-bond donors (Lipinski definition) is 1. The topological polar surface area (TPSA) is 20.2 Å². The van der Waals surface area contributed by atoms with E-state index in [9.17, 15) is 0 Å². The highest BCUT2D eigenvalue weighted by Gasteiger charge is 1.96. The lowest BCUT2D eigenvalue weighted by molar-refractivity contribution is 0.663. The lowest BCUT2D eigenvalue weighted by Gasteiger charge is -1.99. The Morgan fingerprint density at radius 2 is 2.20 bits per heavy atom. The quantitative estimate of drug-likeness (QED) is 0.731. The summed E-state index contributed by atoms with van der Waals surface area (Å²) < 4.78 is 9.75. The van der Waals surface area contributed by atoms with E-state index in [0.717, 1.165) is 27.0 Å². The van der Waals surface area contributed by atoms with Crippen LogP contribution in [0.5, 0.6) is 0 Å². The summed E-state index contributed by atoms with van der Waals surface area (Å²) in [5.41, 5.74) is 1.09. The fraction of sp³-hybridized carbons (Fsp3) is 0.143. The van der Waals surface area contributed by atoms with E-state index >= 15 is 0 Å². The third kappa shape index (κ3) is 1.75. The molecular weight excluding hydrogens is 212 g/mol. The van der Waals surface area contributed by atoms with Crippen molar-refractivity contribution in [3.8, 4) is 0 Å². The van der Waals surface area contributed by atoms with Crippen LogP contribution in [0.25, 0.3) is 0 Å². The molecule has 0 amide bonds. The molecule has 0 saturated heterocycles. The van der Waals surface area contributed by atoms with Gasteiger partial charge in [-0.2, -0.15) is 0 Å². The SMILES string of the molecule is Cc1cc(Br)ccc1SO. The molecule has 10 heavy (non-hydrogen) atoms. The van der Waals surface area contributed by atoms with Crippen LogP contribution in [-0.4, -0.2) is 4.55 Å². The molecule has 0 aliphatic rings. The molecule has 0 aromatic heterocycles. The highest BCUT2D eigenvalue weighted by atomic mass is 79.9. The monoisotopic (exact) mass is 218 g/mol. The Labute approximate surface area is 72.8 Å². The molecule has 0 saturated carbocycles. The molecule has 0 bridgehead atoms. The van der Waals surface area contributed by atoms with Crippen LogP contribution in [0, 0.1) is 6.92 Å². The first kappa shape index (κ1) is 8.11. The van der Waals surface area contributed by atoms with Gasteiger partial charge in [-0.1, -0.05) is 15.9 Å². The van der Waals surface area contributed by atoms with Gasteiger partial charge in [-0.3, -0.25) is 0 Å². The Bertz CT molecular complexity index is 237. The molecule has 0 atom stereocenters. The molecule has 0 heterocycles. The van der Waals surface area contributed by atoms with Crippen LogP contribution in [0.2, 0.25) is 0 Å². The van der Waals surface area contributed by atoms with Gasteiger partial charge in [0.15, 0.2) is 0 Å². The van der Waals surface area contributed by atoms with Crippen molar-refractivity contribution in [2.75, 3.05) is 0 Å². The second kappa shape index (κ2) is 3.42. The zero-order valence-corrected chi connectivity index (χ0v) is 7.87. The summed E-state index contributed by atoms with van der Waals surface area (Å²) in [5.74, 6) is 0. The van der Waals surface area contributed by atoms with E-state index in [4.69, 9.17) is 4.55 Å². The second-order valence-electron chi connectivity index (χ2n) is 2.00. The molecule has 0 radical (unpaired) electrons. The van der Waals surface area contributed by atoms with Gasteiger partial charge >= 0.3 is 0 Å². The van der Waals surface area contributed by atoms with Gasteiger partial charge in [-0.15, -0.1) is 0 Å². The average Bonchev–Trinajstić information content (AvgIpc) is 1.88. The zero-order valence-electron chi connectivity index (χ0n) is 5.47. The summed E-state index contributed by atoms with van der Waals surface area (Å²) in [7, 11) is 0. The van der Waals surface area contributed by atoms with Crippen molar-refractivity contribution in [3.05, 3.63) is 28.2 Å². The average molecular weight is 219 g/mol. The van der Waals surface area contributed by atoms with Crippen molar-refractivity contribution in [1.29, 1.82) is 0 Å². The largest absolute Gasteiger partial charge is 0.325 e. The summed E-state index contributed by atoms with van der Waals surface area (Å²) >= 11 is 4.12. The molecule has 1 N–H and O–H groups in total. The van der Waals surface area contributed by atoms with E-state index < -0.39 is 0 Å². The van der Waals surface area contributed by atoms with E-state index in [1.807, 2.05) is 25.1 Å². The molecule has 1 aromatic carbocycles. The standard InChI is InChI=1S/C7H7BrOS/c1-5-4-6(8)2-3-7(5)10-9/h2-4,9H,1H3. The predicted octanol–water partition coefficient (Wildman–Crippen LogP) is 3.32. The zero-order chi connectivity index (χ0) is 7.56. The van der Waals surface area contributed by atoms with Gasteiger partial charge in [0.1, 0.15) is 0 Å². The van der Waals surface area contributed by atoms with Crippen LogP contribution in [0.3, 0.4) is 0 Å². The van der Waals surface area contributed by atoms with Gasteiger partial charge in [-0.25, -0.2) is 0 Å². The Morgan fingerprint density at radius 1 is 1.50 bits per heavy atom. The summed E-state index contributed by atoms with van der Waals surface area (Å²) in [4.78, 5) is 0.906. The molecule has 1 aromatic rings. The third-order valence-electron chi connectivity index (χ3n) is 1.24. The molecule has 0 spiro atoms. The maximum Gasteiger partial charge on any atom is 0.0380 e. The normalized spacial score (nSPS) is 9.90. The third-order valence-corrected chi connectivity index (χ3v) is 2.38. The minimum atomic E-state index is 0.783. The van der Waals surface area contributed by atoms with Gasteiger partial charge in [0.05, 0.1) is 0 Å². The Kier molecular flexibility index (Phi) is 2.77. The van der Waals surface area contributed by atoms with Crippen LogP contribution in [0.15, 0.2) is 27.6 Å². The Hall–Kier alpha value is 0.01000. The lowest BCUT2D eigenvalue weighted by atomic mass is 10.2. The minimum absolute atomic E-state index is 0.783. The van der Waals surface area contributed by atoms with E-state index in [2.05, 4.69) is 15.9 Å². The molecule has 0 aliphatic carbocycles. The fourth-order valence-electron chi connectivity index (χ4n) is 0.715. The number of rotatable bonds is 1. The predicted molar refractivity (Wildman–Crippen MR) is 47.4 cm³/mol. The smallest absolute Gasteiger partial charge is 0.0380 e. The van der Waals surface area contributed by atoms with Crippen molar-refractivity contribution in [2.24, 2.45) is 0 Å². The van der Waals surface area contributed by atoms with Gasteiger partial charge in [-0.05, 0) is 30.7 Å². The summed E-state index contributed by atoms with van der Waals surface area (Å²) in [5, 5.41) is 0. The highest BCUT2D eigenvalue weighted by molar-refractivity contribution is 9.10. The first-order chi connectivity index (χ1) is 4.74. The maximum atomic E-state index is 8.71. The summed E-state index contributed by atoms with van der Waals surface area (Å²) in [6.07, 6.45) is 0. The van der Waals surface area contributed by atoms with Crippen LogP contribution in [0.1, 0.15) is 5.56 Å². The maximum absolute atomic E-state index is 8.71. The van der Waals surface area contributed by atoms with Crippen LogP contribution in [-0.2, 0) is 0 Å². The molecule has 0 aliphatic heterocycles. The molecule has 0 fully saturated rings. The molecule has 54 valence electrons. The number of hydrogen-bond acceptors (Lipinski definition) is 2. The molecule has 0 unspecified atom stereocenters. The van der Waals surface area contributed by atoms with Crippen molar-refractivity contribution < 1.29 is 4.55 Å². The molecular formula is C7H7BrOS. The van der Waals surface area contributed by atoms with E-state index in [1.54, 1.807) is 0 Å². The second-order valence-corrected chi connectivity index (χ2v) is 3.54.